The average Bonchev–Trinajstić information content (AvgIpc) is 2.26. The highest BCUT2D eigenvalue weighted by Crippen LogP contribution is 2.14. The predicted molar refractivity (Wildman–Crippen MR) is 66.5 cm³/mol. The van der Waals surface area contributed by atoms with Crippen molar-refractivity contribution in [2.24, 2.45) is 0 Å². The number of hydrogen-bond acceptors (Lipinski definition) is 4. The summed E-state index contributed by atoms with van der Waals surface area (Å²) in [6.45, 7) is 5.39. The van der Waals surface area contributed by atoms with Crippen LogP contribution in [0.4, 0.5) is 5.95 Å². The molecule has 1 aromatic heterocycles. The summed E-state index contributed by atoms with van der Waals surface area (Å²) in [5.74, 6) is 1.84. The summed E-state index contributed by atoms with van der Waals surface area (Å²) in [5.41, 5.74) is 0.900. The maximum absolute atomic E-state index is 5.68. The van der Waals surface area contributed by atoms with E-state index in [4.69, 9.17) is 16.3 Å². The largest absolute Gasteiger partial charge is 0.478 e. The number of anilines is 1. The third-order valence-corrected chi connectivity index (χ3v) is 2.20. The fourth-order valence-electron chi connectivity index (χ4n) is 1.20. The Bertz CT molecular complexity index is 333. The van der Waals surface area contributed by atoms with Crippen molar-refractivity contribution in [1.29, 1.82) is 0 Å². The molecule has 0 aliphatic heterocycles. The maximum Gasteiger partial charge on any atom is 0.228 e. The Morgan fingerprint density at radius 2 is 2.19 bits per heavy atom. The topological polar surface area (TPSA) is 38.2 Å². The molecule has 0 radical (unpaired) electrons. The first-order valence-electron chi connectivity index (χ1n) is 5.43. The van der Waals surface area contributed by atoms with Crippen LogP contribution < -0.4 is 9.64 Å². The first-order valence-corrected chi connectivity index (χ1v) is 5.96. The summed E-state index contributed by atoms with van der Waals surface area (Å²) in [5, 5.41) is 0. The van der Waals surface area contributed by atoms with Gasteiger partial charge < -0.3 is 9.64 Å². The van der Waals surface area contributed by atoms with E-state index in [1.54, 1.807) is 0 Å². The Kier molecular flexibility index (Phi) is 5.32. The van der Waals surface area contributed by atoms with Gasteiger partial charge in [0.2, 0.25) is 11.8 Å². The minimum Gasteiger partial charge on any atom is -0.478 e. The van der Waals surface area contributed by atoms with Gasteiger partial charge in [-0.2, -0.15) is 4.98 Å². The van der Waals surface area contributed by atoms with Crippen molar-refractivity contribution in [3.05, 3.63) is 11.8 Å². The zero-order valence-corrected chi connectivity index (χ0v) is 10.8. The second kappa shape index (κ2) is 6.53. The number of nitrogens with zero attached hydrogens (tertiary/aromatic N) is 3. The molecule has 0 aliphatic rings. The van der Waals surface area contributed by atoms with Crippen molar-refractivity contribution < 1.29 is 4.74 Å². The lowest BCUT2D eigenvalue weighted by Crippen LogP contribution is -2.22. The monoisotopic (exact) mass is 243 g/mol. The van der Waals surface area contributed by atoms with E-state index in [0.29, 0.717) is 24.3 Å². The van der Waals surface area contributed by atoms with Crippen LogP contribution in [0.5, 0.6) is 5.88 Å². The smallest absolute Gasteiger partial charge is 0.228 e. The second-order valence-electron chi connectivity index (χ2n) is 3.61. The van der Waals surface area contributed by atoms with Crippen LogP contribution in [0.25, 0.3) is 0 Å². The van der Waals surface area contributed by atoms with E-state index in [9.17, 15) is 0 Å². The highest BCUT2D eigenvalue weighted by molar-refractivity contribution is 6.18. The molecule has 0 spiro atoms. The van der Waals surface area contributed by atoms with Crippen LogP contribution in [0.1, 0.15) is 19.0 Å². The molecule has 0 saturated carbocycles. The lowest BCUT2D eigenvalue weighted by molar-refractivity contribution is 0.304. The summed E-state index contributed by atoms with van der Waals surface area (Å²) in [6.07, 6.45) is 0.968. The average molecular weight is 244 g/mol. The third kappa shape index (κ3) is 3.85. The highest BCUT2D eigenvalue weighted by atomic mass is 35.5. The van der Waals surface area contributed by atoms with Gasteiger partial charge in [-0.15, -0.1) is 11.6 Å². The van der Waals surface area contributed by atoms with Gasteiger partial charge in [0.1, 0.15) is 0 Å². The molecule has 0 unspecified atom stereocenters. The van der Waals surface area contributed by atoms with Gasteiger partial charge in [0.25, 0.3) is 0 Å². The molecule has 4 nitrogen and oxygen atoms in total. The molecular weight excluding hydrogens is 226 g/mol. The molecule has 0 saturated heterocycles. The standard InChI is InChI=1S/C11H18ClN3O/c1-4-7-16-10-8-9(2)13-11(14-10)15(3)6-5-12/h8H,4-7H2,1-3H3. The molecule has 0 bridgehead atoms. The number of aromatic nitrogens is 2. The molecule has 0 atom stereocenters. The van der Waals surface area contributed by atoms with Crippen LogP contribution in [-0.4, -0.2) is 36.0 Å². The van der Waals surface area contributed by atoms with E-state index < -0.39 is 0 Å². The fourth-order valence-corrected chi connectivity index (χ4v) is 1.46. The Morgan fingerprint density at radius 3 is 2.81 bits per heavy atom. The van der Waals surface area contributed by atoms with Gasteiger partial charge in [-0.25, -0.2) is 4.98 Å². The number of halogens is 1. The summed E-state index contributed by atoms with van der Waals surface area (Å²) in [4.78, 5) is 10.6. The maximum atomic E-state index is 5.68. The van der Waals surface area contributed by atoms with Gasteiger partial charge in [0.15, 0.2) is 0 Å². The van der Waals surface area contributed by atoms with E-state index in [0.717, 1.165) is 18.7 Å². The Labute approximate surface area is 102 Å². The van der Waals surface area contributed by atoms with Crippen LogP contribution in [0.3, 0.4) is 0 Å². The predicted octanol–water partition coefficient (Wildman–Crippen LogP) is 2.25. The molecular formula is C11H18ClN3O. The van der Waals surface area contributed by atoms with Crippen LogP contribution in [0, 0.1) is 6.92 Å². The Hall–Kier alpha value is -1.03. The zero-order chi connectivity index (χ0) is 12.0. The Balaban J connectivity index is 2.80. The summed E-state index contributed by atoms with van der Waals surface area (Å²) >= 11 is 5.68. The van der Waals surface area contributed by atoms with Crippen molar-refractivity contribution in [2.45, 2.75) is 20.3 Å². The highest BCUT2D eigenvalue weighted by Gasteiger charge is 2.07. The lowest BCUT2D eigenvalue weighted by Gasteiger charge is -2.16. The summed E-state index contributed by atoms with van der Waals surface area (Å²) in [7, 11) is 1.92. The lowest BCUT2D eigenvalue weighted by atomic mass is 10.4. The quantitative estimate of drug-likeness (QED) is 0.719. The molecule has 16 heavy (non-hydrogen) atoms. The molecule has 1 aromatic rings. The van der Waals surface area contributed by atoms with Gasteiger partial charge in [-0.1, -0.05) is 6.92 Å². The third-order valence-electron chi connectivity index (χ3n) is 2.03. The molecule has 1 heterocycles. The normalized spacial score (nSPS) is 10.2. The van der Waals surface area contributed by atoms with Crippen LogP contribution in [0.2, 0.25) is 0 Å². The number of alkyl halides is 1. The molecule has 0 amide bonds. The van der Waals surface area contributed by atoms with Crippen molar-refractivity contribution in [1.82, 2.24) is 9.97 Å². The molecule has 90 valence electrons. The first kappa shape index (κ1) is 13.0. The molecule has 0 N–H and O–H groups in total. The molecule has 0 aromatic carbocycles. The van der Waals surface area contributed by atoms with Crippen molar-refractivity contribution >= 4 is 17.5 Å². The van der Waals surface area contributed by atoms with Crippen LogP contribution >= 0.6 is 11.6 Å². The van der Waals surface area contributed by atoms with Gasteiger partial charge >= 0.3 is 0 Å². The van der Waals surface area contributed by atoms with Crippen LogP contribution in [0.15, 0.2) is 6.07 Å². The van der Waals surface area contributed by atoms with E-state index >= 15 is 0 Å². The molecule has 0 fully saturated rings. The van der Waals surface area contributed by atoms with Crippen LogP contribution in [-0.2, 0) is 0 Å². The van der Waals surface area contributed by atoms with Gasteiger partial charge in [-0.05, 0) is 13.3 Å². The number of rotatable bonds is 6. The number of ether oxygens (including phenoxy) is 1. The van der Waals surface area contributed by atoms with Crippen molar-refractivity contribution in [3.8, 4) is 5.88 Å². The first-order chi connectivity index (χ1) is 7.67. The van der Waals surface area contributed by atoms with Gasteiger partial charge in [-0.3, -0.25) is 0 Å². The van der Waals surface area contributed by atoms with Crippen molar-refractivity contribution in [3.63, 3.8) is 0 Å². The number of aryl methyl sites for hydroxylation is 1. The summed E-state index contributed by atoms with van der Waals surface area (Å²) < 4.78 is 5.49. The zero-order valence-electron chi connectivity index (χ0n) is 10.0. The molecule has 5 heteroatoms. The summed E-state index contributed by atoms with van der Waals surface area (Å²) in [6, 6.07) is 1.84. The minimum atomic E-state index is 0.555. The number of hydrogen-bond donors (Lipinski definition) is 0. The van der Waals surface area contributed by atoms with E-state index in [2.05, 4.69) is 16.9 Å². The van der Waals surface area contributed by atoms with E-state index in [-0.39, 0.29) is 0 Å². The molecule has 1 rings (SSSR count). The fraction of sp³-hybridized carbons (Fsp3) is 0.636. The second-order valence-corrected chi connectivity index (χ2v) is 3.98. The SMILES string of the molecule is CCCOc1cc(C)nc(N(C)CCCl)n1. The van der Waals surface area contributed by atoms with Gasteiger partial charge in [0.05, 0.1) is 6.61 Å². The van der Waals surface area contributed by atoms with Crippen molar-refractivity contribution in [2.75, 3.05) is 31.0 Å². The Morgan fingerprint density at radius 1 is 1.44 bits per heavy atom. The van der Waals surface area contributed by atoms with Gasteiger partial charge in [0, 0.05) is 31.2 Å². The minimum absolute atomic E-state index is 0.555. The van der Waals surface area contributed by atoms with E-state index in [1.165, 1.54) is 0 Å². The molecule has 0 aliphatic carbocycles. The van der Waals surface area contributed by atoms with E-state index in [1.807, 2.05) is 24.9 Å².